The maximum atomic E-state index is 13.0. The molecule has 5 rings (SSSR count). The van der Waals surface area contributed by atoms with Crippen molar-refractivity contribution >= 4 is 17.7 Å². The van der Waals surface area contributed by atoms with Crippen molar-refractivity contribution in [3.05, 3.63) is 23.3 Å². The summed E-state index contributed by atoms with van der Waals surface area (Å²) in [5.74, 6) is 0.690. The number of rotatable bonds is 6. The van der Waals surface area contributed by atoms with Gasteiger partial charge in [-0.1, -0.05) is 31.9 Å². The average molecular weight is 526 g/mol. The molecule has 0 aromatic heterocycles. The number of fused-ring (bicyclic) bond motifs is 5. The molecule has 0 spiro atoms. The van der Waals surface area contributed by atoms with Crippen LogP contribution in [0.25, 0.3) is 0 Å². The van der Waals surface area contributed by atoms with Crippen molar-refractivity contribution in [2.24, 2.45) is 28.6 Å². The molecular formula is C32H47NO5. The van der Waals surface area contributed by atoms with Crippen LogP contribution in [-0.4, -0.2) is 54.0 Å². The molecule has 6 nitrogen and oxygen atoms in total. The first-order chi connectivity index (χ1) is 18.0. The van der Waals surface area contributed by atoms with E-state index in [1.807, 2.05) is 0 Å². The summed E-state index contributed by atoms with van der Waals surface area (Å²) in [4.78, 5) is 40.2. The molecule has 3 fully saturated rings. The Morgan fingerprint density at radius 3 is 2.34 bits per heavy atom. The van der Waals surface area contributed by atoms with Gasteiger partial charge in [0.1, 0.15) is 6.10 Å². The summed E-state index contributed by atoms with van der Waals surface area (Å²) in [5.41, 5.74) is 1.30. The van der Waals surface area contributed by atoms with E-state index in [9.17, 15) is 14.4 Å². The molecule has 1 heterocycles. The summed E-state index contributed by atoms with van der Waals surface area (Å²) in [6.45, 7) is 12.8. The highest BCUT2D eigenvalue weighted by atomic mass is 16.6. The normalized spacial score (nSPS) is 40.7. The standard InChI is InChI=1S/C32H47NO5/c1-21-19-25-26(10-14-31(5)27(25)11-15-32(31,22(2)34)38-23(3)35)30(4)13-9-24(20-28(21)30)37-29(36)12-18-33-16-7-6-8-17-33/h19-20,24-27H,6-18H2,1-5H3/t24-,25-,26+,27+,30-,31+,32+/m1/s1. The molecule has 0 aromatic rings. The van der Waals surface area contributed by atoms with Crippen molar-refractivity contribution in [3.8, 4) is 0 Å². The molecule has 4 aliphatic carbocycles. The number of ketones is 1. The number of Topliss-reactive ketones (excluding diaryl/α,β-unsaturated/α-hetero) is 1. The number of ether oxygens (including phenoxy) is 2. The lowest BCUT2D eigenvalue weighted by molar-refractivity contribution is -0.185. The van der Waals surface area contributed by atoms with Crippen LogP contribution >= 0.6 is 0 Å². The minimum atomic E-state index is -1.01. The van der Waals surface area contributed by atoms with Crippen LogP contribution in [0.4, 0.5) is 0 Å². The fourth-order valence-electron chi connectivity index (χ4n) is 9.37. The lowest BCUT2D eigenvalue weighted by atomic mass is 9.47. The number of piperidine rings is 1. The van der Waals surface area contributed by atoms with E-state index >= 15 is 0 Å². The number of carbonyl (C=O) groups excluding carboxylic acids is 3. The minimum absolute atomic E-state index is 0.0120. The zero-order chi connectivity index (χ0) is 27.3. The van der Waals surface area contributed by atoms with E-state index in [2.05, 4.69) is 37.8 Å². The maximum Gasteiger partial charge on any atom is 0.307 e. The van der Waals surface area contributed by atoms with Gasteiger partial charge in [-0.3, -0.25) is 14.4 Å². The summed E-state index contributed by atoms with van der Waals surface area (Å²) in [6.07, 6.45) is 14.0. The third kappa shape index (κ3) is 4.49. The maximum absolute atomic E-state index is 13.0. The van der Waals surface area contributed by atoms with E-state index in [-0.39, 0.29) is 34.7 Å². The van der Waals surface area contributed by atoms with E-state index in [4.69, 9.17) is 9.47 Å². The molecular weight excluding hydrogens is 478 g/mol. The molecule has 0 N–H and O–H groups in total. The number of esters is 2. The molecule has 7 atom stereocenters. The van der Waals surface area contributed by atoms with Gasteiger partial charge in [0.05, 0.1) is 6.42 Å². The van der Waals surface area contributed by atoms with Gasteiger partial charge in [-0.25, -0.2) is 0 Å². The molecule has 1 saturated heterocycles. The largest absolute Gasteiger partial charge is 0.458 e. The van der Waals surface area contributed by atoms with Crippen molar-refractivity contribution < 1.29 is 23.9 Å². The van der Waals surface area contributed by atoms with E-state index in [0.29, 0.717) is 30.6 Å². The quantitative estimate of drug-likeness (QED) is 0.409. The molecule has 0 amide bonds. The predicted molar refractivity (Wildman–Crippen MR) is 146 cm³/mol. The number of carbonyl (C=O) groups is 3. The Morgan fingerprint density at radius 2 is 1.66 bits per heavy atom. The van der Waals surface area contributed by atoms with Gasteiger partial charge in [0.2, 0.25) is 0 Å². The lowest BCUT2D eigenvalue weighted by Crippen LogP contribution is -2.58. The average Bonchev–Trinajstić information content (AvgIpc) is 3.17. The smallest absolute Gasteiger partial charge is 0.307 e. The highest BCUT2D eigenvalue weighted by Gasteiger charge is 2.67. The fraction of sp³-hybridized carbons (Fsp3) is 0.781. The Hall–Kier alpha value is -1.95. The topological polar surface area (TPSA) is 72.9 Å². The second-order valence-electron chi connectivity index (χ2n) is 13.3. The van der Waals surface area contributed by atoms with Gasteiger partial charge >= 0.3 is 11.9 Å². The second kappa shape index (κ2) is 10.2. The predicted octanol–water partition coefficient (Wildman–Crippen LogP) is 5.79. The van der Waals surface area contributed by atoms with Crippen LogP contribution in [0, 0.1) is 28.6 Å². The van der Waals surface area contributed by atoms with Crippen LogP contribution in [-0.2, 0) is 23.9 Å². The highest BCUT2D eigenvalue weighted by molar-refractivity contribution is 5.89. The van der Waals surface area contributed by atoms with Crippen molar-refractivity contribution in [3.63, 3.8) is 0 Å². The van der Waals surface area contributed by atoms with Gasteiger partial charge in [-0.2, -0.15) is 0 Å². The van der Waals surface area contributed by atoms with Crippen molar-refractivity contribution in [1.29, 1.82) is 0 Å². The number of likely N-dealkylation sites (tertiary alicyclic amines) is 1. The van der Waals surface area contributed by atoms with Gasteiger partial charge < -0.3 is 14.4 Å². The molecule has 38 heavy (non-hydrogen) atoms. The number of allylic oxidation sites excluding steroid dienone is 3. The molecule has 2 saturated carbocycles. The van der Waals surface area contributed by atoms with Gasteiger partial charge in [0.15, 0.2) is 11.4 Å². The summed E-state index contributed by atoms with van der Waals surface area (Å²) < 4.78 is 11.9. The Balaban J connectivity index is 1.34. The van der Waals surface area contributed by atoms with Gasteiger partial charge in [0.25, 0.3) is 0 Å². The van der Waals surface area contributed by atoms with Crippen LogP contribution in [0.2, 0.25) is 0 Å². The van der Waals surface area contributed by atoms with Crippen LogP contribution in [0.5, 0.6) is 0 Å². The molecule has 0 unspecified atom stereocenters. The lowest BCUT2D eigenvalue weighted by Gasteiger charge is -2.58. The molecule has 0 aromatic carbocycles. The summed E-state index contributed by atoms with van der Waals surface area (Å²) in [6, 6.07) is 0. The molecule has 1 aliphatic heterocycles. The van der Waals surface area contributed by atoms with Crippen molar-refractivity contribution in [2.45, 2.75) is 111 Å². The zero-order valence-corrected chi connectivity index (χ0v) is 24.1. The number of hydrogen-bond acceptors (Lipinski definition) is 6. The Bertz CT molecular complexity index is 1040. The second-order valence-corrected chi connectivity index (χ2v) is 13.3. The van der Waals surface area contributed by atoms with E-state index in [0.717, 1.165) is 51.7 Å². The zero-order valence-electron chi connectivity index (χ0n) is 24.1. The summed E-state index contributed by atoms with van der Waals surface area (Å²) in [7, 11) is 0. The van der Waals surface area contributed by atoms with Crippen LogP contribution < -0.4 is 0 Å². The Kier molecular flexibility index (Phi) is 7.43. The van der Waals surface area contributed by atoms with E-state index < -0.39 is 5.60 Å². The number of hydrogen-bond donors (Lipinski definition) is 0. The summed E-state index contributed by atoms with van der Waals surface area (Å²) >= 11 is 0. The third-order valence-corrected chi connectivity index (χ3v) is 11.3. The van der Waals surface area contributed by atoms with Gasteiger partial charge in [0, 0.05) is 18.9 Å². The van der Waals surface area contributed by atoms with Crippen molar-refractivity contribution in [2.75, 3.05) is 19.6 Å². The monoisotopic (exact) mass is 525 g/mol. The first-order valence-corrected chi connectivity index (χ1v) is 15.0. The Morgan fingerprint density at radius 1 is 0.947 bits per heavy atom. The van der Waals surface area contributed by atoms with Gasteiger partial charge in [-0.15, -0.1) is 0 Å². The first-order valence-electron chi connectivity index (χ1n) is 15.0. The Labute approximate surface area is 228 Å². The van der Waals surface area contributed by atoms with Crippen LogP contribution in [0.1, 0.15) is 98.8 Å². The molecule has 0 radical (unpaired) electrons. The van der Waals surface area contributed by atoms with Crippen LogP contribution in [0.15, 0.2) is 23.3 Å². The first kappa shape index (κ1) is 27.6. The fourth-order valence-corrected chi connectivity index (χ4v) is 9.37. The van der Waals surface area contributed by atoms with Crippen LogP contribution in [0.3, 0.4) is 0 Å². The molecule has 0 bridgehead atoms. The SMILES string of the molecule is CC(=O)O[C@]1(C(C)=O)CC[C@H]2[C@@H]3C=C(C)C4=C[C@H](OC(=O)CCN5CCCCC5)CC[C@]4(C)[C@H]3CC[C@@]21C. The minimum Gasteiger partial charge on any atom is -0.458 e. The van der Waals surface area contributed by atoms with Gasteiger partial charge in [-0.05, 0) is 113 Å². The third-order valence-electron chi connectivity index (χ3n) is 11.3. The molecule has 6 heteroatoms. The van der Waals surface area contributed by atoms with E-state index in [1.54, 1.807) is 6.92 Å². The number of nitrogens with zero attached hydrogens (tertiary/aromatic N) is 1. The highest BCUT2D eigenvalue weighted by Crippen LogP contribution is 2.68. The van der Waals surface area contributed by atoms with Crippen molar-refractivity contribution in [1.82, 2.24) is 4.90 Å². The summed E-state index contributed by atoms with van der Waals surface area (Å²) in [5, 5.41) is 0. The molecule has 5 aliphatic rings. The van der Waals surface area contributed by atoms with E-state index in [1.165, 1.54) is 37.3 Å². The molecule has 210 valence electrons.